The summed E-state index contributed by atoms with van der Waals surface area (Å²) in [5, 5.41) is 11.2. The number of carboxylic acids is 1. The van der Waals surface area contributed by atoms with Gasteiger partial charge >= 0.3 is 5.97 Å². The first kappa shape index (κ1) is 12.0. The third kappa shape index (κ3) is 4.29. The summed E-state index contributed by atoms with van der Waals surface area (Å²) >= 11 is 0. The Morgan fingerprint density at radius 3 is 2.60 bits per heavy atom. The predicted molar refractivity (Wildman–Crippen MR) is 55.2 cm³/mol. The van der Waals surface area contributed by atoms with Crippen molar-refractivity contribution < 1.29 is 14.7 Å². The van der Waals surface area contributed by atoms with Gasteiger partial charge in [0.15, 0.2) is 0 Å². The van der Waals surface area contributed by atoms with Crippen LogP contribution in [0.4, 0.5) is 0 Å². The standard InChI is InChI=1S/C10H18N2O3/c11-8(4-5-9(13)14)10(15)12-6-7-2-1-3-7/h7-8H,1-6,11H2,(H,12,15)(H,13,14). The van der Waals surface area contributed by atoms with Gasteiger partial charge in [0, 0.05) is 13.0 Å². The summed E-state index contributed by atoms with van der Waals surface area (Å²) in [6.45, 7) is 0.680. The predicted octanol–water partition coefficient (Wildman–Crippen LogP) is 0.0948. The highest BCUT2D eigenvalue weighted by Crippen LogP contribution is 2.25. The number of aliphatic carboxylic acids is 1. The molecule has 0 aromatic rings. The highest BCUT2D eigenvalue weighted by atomic mass is 16.4. The number of nitrogens with two attached hydrogens (primary N) is 1. The van der Waals surface area contributed by atoms with Gasteiger partial charge in [0.25, 0.3) is 0 Å². The van der Waals surface area contributed by atoms with Gasteiger partial charge in [-0.25, -0.2) is 0 Å². The molecule has 1 fully saturated rings. The lowest BCUT2D eigenvalue weighted by Gasteiger charge is -2.25. The average Bonchev–Trinajstić information content (AvgIpc) is 2.11. The zero-order chi connectivity index (χ0) is 11.3. The minimum Gasteiger partial charge on any atom is -0.481 e. The van der Waals surface area contributed by atoms with E-state index < -0.39 is 12.0 Å². The fourth-order valence-corrected chi connectivity index (χ4v) is 1.48. The number of carboxylic acid groups (broad SMARTS) is 1. The lowest BCUT2D eigenvalue weighted by atomic mass is 9.85. The highest BCUT2D eigenvalue weighted by molar-refractivity contribution is 5.82. The second kappa shape index (κ2) is 5.70. The molecule has 15 heavy (non-hydrogen) atoms. The van der Waals surface area contributed by atoms with Crippen molar-refractivity contribution in [2.45, 2.75) is 38.1 Å². The number of carbonyl (C=O) groups is 2. The molecule has 0 aromatic carbocycles. The molecule has 0 spiro atoms. The molecule has 5 heteroatoms. The van der Waals surface area contributed by atoms with E-state index in [9.17, 15) is 9.59 Å². The monoisotopic (exact) mass is 214 g/mol. The minimum absolute atomic E-state index is 0.0575. The van der Waals surface area contributed by atoms with E-state index in [1.54, 1.807) is 0 Å². The molecule has 0 bridgehead atoms. The molecule has 0 aliphatic heterocycles. The number of hydrogen-bond acceptors (Lipinski definition) is 3. The molecule has 1 atom stereocenters. The first-order valence-corrected chi connectivity index (χ1v) is 5.34. The molecule has 86 valence electrons. The van der Waals surface area contributed by atoms with Gasteiger partial charge in [0.1, 0.15) is 0 Å². The van der Waals surface area contributed by atoms with Gasteiger partial charge in [-0.15, -0.1) is 0 Å². The van der Waals surface area contributed by atoms with E-state index in [1.165, 1.54) is 19.3 Å². The van der Waals surface area contributed by atoms with Crippen molar-refractivity contribution in [3.05, 3.63) is 0 Å². The Morgan fingerprint density at radius 1 is 1.47 bits per heavy atom. The number of amides is 1. The fraction of sp³-hybridized carbons (Fsp3) is 0.800. The van der Waals surface area contributed by atoms with Crippen LogP contribution in [0.15, 0.2) is 0 Å². The van der Waals surface area contributed by atoms with Gasteiger partial charge in [-0.3, -0.25) is 9.59 Å². The quantitative estimate of drug-likeness (QED) is 0.584. The molecule has 1 unspecified atom stereocenters. The van der Waals surface area contributed by atoms with Crippen LogP contribution in [0.3, 0.4) is 0 Å². The molecular formula is C10H18N2O3. The zero-order valence-corrected chi connectivity index (χ0v) is 8.74. The second-order valence-corrected chi connectivity index (χ2v) is 4.08. The van der Waals surface area contributed by atoms with Crippen molar-refractivity contribution in [2.24, 2.45) is 11.7 Å². The summed E-state index contributed by atoms with van der Waals surface area (Å²) in [7, 11) is 0. The Morgan fingerprint density at radius 2 is 2.13 bits per heavy atom. The number of hydrogen-bond donors (Lipinski definition) is 3. The number of rotatable bonds is 6. The third-order valence-corrected chi connectivity index (χ3v) is 2.80. The summed E-state index contributed by atoms with van der Waals surface area (Å²) in [5.74, 6) is -0.555. The number of carbonyl (C=O) groups excluding carboxylic acids is 1. The first-order valence-electron chi connectivity index (χ1n) is 5.34. The molecule has 1 saturated carbocycles. The Bertz CT molecular complexity index is 239. The molecule has 0 saturated heterocycles. The van der Waals surface area contributed by atoms with Crippen LogP contribution in [0, 0.1) is 5.92 Å². The second-order valence-electron chi connectivity index (χ2n) is 4.08. The molecule has 1 rings (SSSR count). The van der Waals surface area contributed by atoms with Crippen LogP contribution in [-0.4, -0.2) is 29.6 Å². The van der Waals surface area contributed by atoms with Crippen LogP contribution < -0.4 is 11.1 Å². The molecule has 1 aliphatic rings. The van der Waals surface area contributed by atoms with Crippen molar-refractivity contribution >= 4 is 11.9 Å². The van der Waals surface area contributed by atoms with Crippen LogP contribution in [-0.2, 0) is 9.59 Å². The lowest BCUT2D eigenvalue weighted by Crippen LogP contribution is -2.43. The third-order valence-electron chi connectivity index (χ3n) is 2.80. The lowest BCUT2D eigenvalue weighted by molar-refractivity contribution is -0.137. The molecular weight excluding hydrogens is 196 g/mol. The van der Waals surface area contributed by atoms with Gasteiger partial charge in [0.2, 0.25) is 5.91 Å². The maximum atomic E-state index is 11.4. The SMILES string of the molecule is NC(CCC(=O)O)C(=O)NCC1CCC1. The summed E-state index contributed by atoms with van der Waals surface area (Å²) in [4.78, 5) is 21.6. The van der Waals surface area contributed by atoms with Crippen molar-refractivity contribution in [1.82, 2.24) is 5.32 Å². The molecule has 0 radical (unpaired) electrons. The molecule has 1 aliphatic carbocycles. The van der Waals surface area contributed by atoms with Crippen LogP contribution in [0.25, 0.3) is 0 Å². The maximum absolute atomic E-state index is 11.4. The van der Waals surface area contributed by atoms with E-state index in [-0.39, 0.29) is 18.7 Å². The summed E-state index contributed by atoms with van der Waals surface area (Å²) in [6, 6.07) is -0.693. The summed E-state index contributed by atoms with van der Waals surface area (Å²) in [5.41, 5.74) is 5.54. The van der Waals surface area contributed by atoms with Crippen LogP contribution >= 0.6 is 0 Å². The minimum atomic E-state index is -0.919. The van der Waals surface area contributed by atoms with Crippen molar-refractivity contribution in [2.75, 3.05) is 6.54 Å². The van der Waals surface area contributed by atoms with Crippen LogP contribution in [0.1, 0.15) is 32.1 Å². The van der Waals surface area contributed by atoms with E-state index in [0.29, 0.717) is 12.5 Å². The smallest absolute Gasteiger partial charge is 0.303 e. The first-order chi connectivity index (χ1) is 7.09. The van der Waals surface area contributed by atoms with Crippen LogP contribution in [0.5, 0.6) is 0 Å². The van der Waals surface area contributed by atoms with Gasteiger partial charge in [-0.05, 0) is 25.2 Å². The summed E-state index contributed by atoms with van der Waals surface area (Å²) < 4.78 is 0. The van der Waals surface area contributed by atoms with Gasteiger partial charge in [0.05, 0.1) is 6.04 Å². The normalized spacial score (nSPS) is 17.9. The van der Waals surface area contributed by atoms with Crippen LogP contribution in [0.2, 0.25) is 0 Å². The Labute approximate surface area is 89.0 Å². The largest absolute Gasteiger partial charge is 0.481 e. The molecule has 0 heterocycles. The van der Waals surface area contributed by atoms with E-state index in [1.807, 2.05) is 0 Å². The van der Waals surface area contributed by atoms with Gasteiger partial charge in [-0.1, -0.05) is 6.42 Å². The van der Waals surface area contributed by atoms with Gasteiger partial charge in [-0.2, -0.15) is 0 Å². The zero-order valence-electron chi connectivity index (χ0n) is 8.74. The Kier molecular flexibility index (Phi) is 4.55. The highest BCUT2D eigenvalue weighted by Gasteiger charge is 2.20. The summed E-state index contributed by atoms with van der Waals surface area (Å²) in [6.07, 6.45) is 3.73. The Hall–Kier alpha value is -1.10. The Balaban J connectivity index is 2.11. The maximum Gasteiger partial charge on any atom is 0.303 e. The van der Waals surface area contributed by atoms with Crippen molar-refractivity contribution in [3.63, 3.8) is 0 Å². The van der Waals surface area contributed by atoms with E-state index in [0.717, 1.165) is 0 Å². The molecule has 1 amide bonds. The van der Waals surface area contributed by atoms with Crippen molar-refractivity contribution in [3.8, 4) is 0 Å². The van der Waals surface area contributed by atoms with Gasteiger partial charge < -0.3 is 16.2 Å². The fourth-order valence-electron chi connectivity index (χ4n) is 1.48. The van der Waals surface area contributed by atoms with E-state index in [4.69, 9.17) is 10.8 Å². The average molecular weight is 214 g/mol. The molecule has 0 aromatic heterocycles. The van der Waals surface area contributed by atoms with E-state index >= 15 is 0 Å². The van der Waals surface area contributed by atoms with E-state index in [2.05, 4.69) is 5.32 Å². The molecule has 5 nitrogen and oxygen atoms in total. The van der Waals surface area contributed by atoms with Crippen molar-refractivity contribution in [1.29, 1.82) is 0 Å². The topological polar surface area (TPSA) is 92.4 Å². The molecule has 4 N–H and O–H groups in total. The number of nitrogens with one attached hydrogen (secondary N) is 1.